The van der Waals surface area contributed by atoms with Gasteiger partial charge in [-0.25, -0.2) is 9.37 Å². The van der Waals surface area contributed by atoms with Gasteiger partial charge in [-0.3, -0.25) is 4.99 Å². The first kappa shape index (κ1) is 24.6. The highest BCUT2D eigenvalue weighted by Crippen LogP contribution is 2.37. The van der Waals surface area contributed by atoms with Gasteiger partial charge in [0.15, 0.2) is 10.8 Å². The molecule has 1 saturated heterocycles. The molecule has 2 aromatic heterocycles. The van der Waals surface area contributed by atoms with Crippen molar-refractivity contribution in [3.8, 4) is 11.3 Å². The lowest BCUT2D eigenvalue weighted by Gasteiger charge is -2.37. The Hall–Kier alpha value is -3.11. The summed E-state index contributed by atoms with van der Waals surface area (Å²) in [4.78, 5) is 23.0. The number of rotatable bonds is 7. The lowest BCUT2D eigenvalue weighted by Crippen LogP contribution is -2.48. The zero-order valence-corrected chi connectivity index (χ0v) is 21.9. The maximum Gasteiger partial charge on any atom is 0.228 e. The molecule has 1 saturated carbocycles. The summed E-state index contributed by atoms with van der Waals surface area (Å²) in [5.74, 6) is 0.209. The van der Waals surface area contributed by atoms with Gasteiger partial charge in [0, 0.05) is 44.2 Å². The fourth-order valence-corrected chi connectivity index (χ4v) is 5.17. The molecule has 1 aliphatic heterocycles. The van der Waals surface area contributed by atoms with Crippen LogP contribution in [0.4, 0.5) is 15.5 Å². The molecule has 3 aromatic rings. The Bertz CT molecular complexity index is 1320. The largest absolute Gasteiger partial charge is 0.404 e. The van der Waals surface area contributed by atoms with Crippen LogP contribution in [-0.4, -0.2) is 66.6 Å². The molecule has 0 amide bonds. The van der Waals surface area contributed by atoms with Crippen molar-refractivity contribution < 1.29 is 9.13 Å². The summed E-state index contributed by atoms with van der Waals surface area (Å²) in [5.41, 5.74) is 9.29. The smallest absolute Gasteiger partial charge is 0.228 e. The van der Waals surface area contributed by atoms with Gasteiger partial charge in [-0.15, -0.1) is 0 Å². The van der Waals surface area contributed by atoms with Crippen LogP contribution in [0.3, 0.4) is 0 Å². The Balaban J connectivity index is 1.56. The van der Waals surface area contributed by atoms with Crippen molar-refractivity contribution in [3.05, 3.63) is 41.4 Å². The molecular formula is C26H32FN7OS. The van der Waals surface area contributed by atoms with Gasteiger partial charge in [-0.2, -0.15) is 9.97 Å². The zero-order valence-electron chi connectivity index (χ0n) is 21.1. The number of hydrogen-bond donors (Lipinski definition) is 1. The maximum absolute atomic E-state index is 15.3. The van der Waals surface area contributed by atoms with Gasteiger partial charge in [-0.05, 0) is 43.9 Å². The van der Waals surface area contributed by atoms with Crippen LogP contribution in [0.2, 0.25) is 0 Å². The molecule has 190 valence electrons. The predicted octanol–water partition coefficient (Wildman–Crippen LogP) is 4.19. The van der Waals surface area contributed by atoms with E-state index in [-0.39, 0.29) is 18.0 Å². The summed E-state index contributed by atoms with van der Waals surface area (Å²) < 4.78 is 22.2. The lowest BCUT2D eigenvalue weighted by molar-refractivity contribution is 0.00666. The second kappa shape index (κ2) is 10.1. The van der Waals surface area contributed by atoms with E-state index < -0.39 is 0 Å². The third-order valence-corrected chi connectivity index (χ3v) is 7.62. The van der Waals surface area contributed by atoms with Gasteiger partial charge in [0.1, 0.15) is 16.6 Å². The number of aliphatic imine (C=N–C) groups is 1. The molecule has 5 rings (SSSR count). The fourth-order valence-electron chi connectivity index (χ4n) is 4.23. The normalized spacial score (nSPS) is 21.0. The number of nitrogens with zero attached hydrogens (tertiary/aromatic N) is 6. The topological polar surface area (TPSA) is 92.8 Å². The number of aromatic nitrogens is 3. The van der Waals surface area contributed by atoms with E-state index in [1.807, 2.05) is 51.2 Å². The van der Waals surface area contributed by atoms with Gasteiger partial charge in [-0.1, -0.05) is 24.3 Å². The Morgan fingerprint density at radius 1 is 1.28 bits per heavy atom. The van der Waals surface area contributed by atoms with Crippen LogP contribution in [0.1, 0.15) is 32.3 Å². The molecule has 2 N–H and O–H groups in total. The van der Waals surface area contributed by atoms with Crippen molar-refractivity contribution in [3.63, 3.8) is 0 Å². The minimum absolute atomic E-state index is 0.0795. The van der Waals surface area contributed by atoms with E-state index >= 15 is 4.39 Å². The van der Waals surface area contributed by atoms with Crippen LogP contribution < -0.4 is 15.5 Å². The number of hydrogen-bond acceptors (Lipinski definition) is 9. The molecule has 0 radical (unpaired) electrons. The van der Waals surface area contributed by atoms with Crippen molar-refractivity contribution in [2.24, 2.45) is 10.7 Å². The molecule has 2 fully saturated rings. The molecule has 1 aliphatic carbocycles. The summed E-state index contributed by atoms with van der Waals surface area (Å²) in [7, 11) is 3.86. The highest BCUT2D eigenvalue weighted by Gasteiger charge is 2.31. The first-order valence-electron chi connectivity index (χ1n) is 12.4. The molecule has 3 heterocycles. The number of benzene rings is 1. The molecule has 2 aliphatic rings. The van der Waals surface area contributed by atoms with Gasteiger partial charge >= 0.3 is 0 Å². The molecule has 36 heavy (non-hydrogen) atoms. The van der Waals surface area contributed by atoms with Gasteiger partial charge in [0.2, 0.25) is 5.95 Å². The molecule has 2 unspecified atom stereocenters. The van der Waals surface area contributed by atoms with Gasteiger partial charge < -0.3 is 20.3 Å². The van der Waals surface area contributed by atoms with Crippen molar-refractivity contribution in [2.45, 2.75) is 51.4 Å². The third-order valence-electron chi connectivity index (χ3n) is 6.40. The molecule has 1 aromatic carbocycles. The van der Waals surface area contributed by atoms with Gasteiger partial charge in [0.05, 0.1) is 24.4 Å². The van der Waals surface area contributed by atoms with Gasteiger partial charge in [0.25, 0.3) is 0 Å². The summed E-state index contributed by atoms with van der Waals surface area (Å²) in [6, 6.07) is 5.74. The van der Waals surface area contributed by atoms with Crippen LogP contribution >= 0.6 is 11.3 Å². The van der Waals surface area contributed by atoms with E-state index in [1.54, 1.807) is 12.3 Å². The predicted molar refractivity (Wildman–Crippen MR) is 145 cm³/mol. The van der Waals surface area contributed by atoms with E-state index in [1.165, 1.54) is 11.3 Å². The van der Waals surface area contributed by atoms with Crippen molar-refractivity contribution >= 4 is 39.0 Å². The second-order valence-corrected chi connectivity index (χ2v) is 10.6. The van der Waals surface area contributed by atoms with Crippen LogP contribution in [0.15, 0.2) is 35.0 Å². The second-order valence-electron chi connectivity index (χ2n) is 9.60. The van der Waals surface area contributed by atoms with E-state index in [0.717, 1.165) is 40.2 Å². The highest BCUT2D eigenvalue weighted by molar-refractivity contribution is 7.22. The molecular weight excluding hydrogens is 477 g/mol. The third kappa shape index (κ3) is 5.05. The van der Waals surface area contributed by atoms with E-state index in [0.29, 0.717) is 42.0 Å². The minimum Gasteiger partial charge on any atom is -0.404 e. The number of nitrogens with two attached hydrogens (primary N) is 1. The number of aryl methyl sites for hydroxylation is 1. The molecule has 0 bridgehead atoms. The number of anilines is 2. The maximum atomic E-state index is 15.3. The Morgan fingerprint density at radius 3 is 2.75 bits per heavy atom. The molecule has 0 spiro atoms. The average molecular weight is 510 g/mol. The SMILES string of the molecule is CCc1ccc(-c2nc(N3CC(C)OC(C(C=NC4CC4)=CN)C3)nc3nc(N(C)C)sc23)c(F)c1. The van der Waals surface area contributed by atoms with Crippen molar-refractivity contribution in [1.82, 2.24) is 15.0 Å². The monoisotopic (exact) mass is 509 g/mol. The Kier molecular flexibility index (Phi) is 6.90. The number of ether oxygens (including phenoxy) is 1. The van der Waals surface area contributed by atoms with Crippen LogP contribution in [0.5, 0.6) is 0 Å². The van der Waals surface area contributed by atoms with E-state index in [4.69, 9.17) is 25.4 Å². The summed E-state index contributed by atoms with van der Waals surface area (Å²) >= 11 is 1.46. The van der Waals surface area contributed by atoms with Crippen molar-refractivity contribution in [1.29, 1.82) is 0 Å². The van der Waals surface area contributed by atoms with Crippen molar-refractivity contribution in [2.75, 3.05) is 37.0 Å². The van der Waals surface area contributed by atoms with E-state index in [9.17, 15) is 0 Å². The minimum atomic E-state index is -0.294. The fraction of sp³-hybridized carbons (Fsp3) is 0.462. The number of fused-ring (bicyclic) bond motifs is 1. The van der Waals surface area contributed by atoms with Crippen LogP contribution in [0, 0.1) is 5.82 Å². The number of thiazole rings is 1. The quantitative estimate of drug-likeness (QED) is 0.478. The first-order chi connectivity index (χ1) is 17.4. The van der Waals surface area contributed by atoms with Crippen LogP contribution in [0.25, 0.3) is 21.6 Å². The Morgan fingerprint density at radius 2 is 2.08 bits per heavy atom. The molecule has 2 atom stereocenters. The molecule has 8 nitrogen and oxygen atoms in total. The average Bonchev–Trinajstić information content (AvgIpc) is 3.58. The van der Waals surface area contributed by atoms with Crippen LogP contribution in [-0.2, 0) is 11.2 Å². The summed E-state index contributed by atoms with van der Waals surface area (Å²) in [6.07, 6.45) is 6.07. The summed E-state index contributed by atoms with van der Waals surface area (Å²) in [5, 5.41) is 0.793. The number of halogens is 1. The first-order valence-corrected chi connectivity index (χ1v) is 13.2. The lowest BCUT2D eigenvalue weighted by atomic mass is 10.1. The summed E-state index contributed by atoms with van der Waals surface area (Å²) in [6.45, 7) is 5.14. The molecule has 10 heteroatoms. The zero-order chi connectivity index (χ0) is 25.4. The highest BCUT2D eigenvalue weighted by atomic mass is 32.1. The Labute approximate surface area is 214 Å². The standard InChI is InChI=1S/C26H32FN7OS/c1-5-16-6-9-19(20(27)10-16)22-23-24(32-26(36-23)33(3)4)31-25(30-22)34-13-15(2)35-21(14-34)17(11-28)12-29-18-7-8-18/h6,9-12,15,18,21H,5,7-8,13-14,28H2,1-4H3. The number of morpholine rings is 1. The van der Waals surface area contributed by atoms with E-state index in [2.05, 4.69) is 9.89 Å².